The van der Waals surface area contributed by atoms with E-state index in [9.17, 15) is 31.1 Å². The number of aromatic nitrogens is 6. The van der Waals surface area contributed by atoms with Crippen LogP contribution in [0.4, 0.5) is 38.0 Å². The third-order valence-corrected chi connectivity index (χ3v) is 5.53. The molecule has 3 aromatic rings. The van der Waals surface area contributed by atoms with Gasteiger partial charge in [-0.25, -0.2) is 15.1 Å². The molecule has 4 heterocycles. The molecule has 0 aliphatic carbocycles. The molecule has 1 aliphatic heterocycles. The summed E-state index contributed by atoms with van der Waals surface area (Å²) in [5.41, 5.74) is -2.76. The minimum absolute atomic E-state index is 0.00730. The van der Waals surface area contributed by atoms with Gasteiger partial charge in [0.1, 0.15) is 5.56 Å². The molecule has 1 unspecified atom stereocenters. The van der Waals surface area contributed by atoms with Crippen molar-refractivity contribution in [3.8, 4) is 0 Å². The molecule has 0 amide bonds. The molecule has 0 saturated carbocycles. The molecule has 200 valence electrons. The summed E-state index contributed by atoms with van der Waals surface area (Å²) >= 11 is 0. The predicted octanol–water partition coefficient (Wildman–Crippen LogP) is 3.39. The van der Waals surface area contributed by atoms with Crippen LogP contribution in [0, 0.1) is 0 Å². The SMILES string of the molecule is CC(COCc1cc2n(n1)[C@@H](C)CN(c1ncc(C(F)(F)F)cn1)C2)Nc1cn[nH]c(=O)c1C(F)(F)F. The second kappa shape index (κ2) is 9.99. The maximum atomic E-state index is 13.2. The van der Waals surface area contributed by atoms with Crippen molar-refractivity contribution in [2.45, 2.75) is 51.4 Å². The second-order valence-corrected chi connectivity index (χ2v) is 8.62. The van der Waals surface area contributed by atoms with Crippen LogP contribution in [0.2, 0.25) is 0 Å². The van der Waals surface area contributed by atoms with Gasteiger partial charge in [-0.2, -0.15) is 36.5 Å². The number of aromatic amines is 1. The third-order valence-electron chi connectivity index (χ3n) is 5.53. The Morgan fingerprint density at radius 2 is 1.86 bits per heavy atom. The summed E-state index contributed by atoms with van der Waals surface area (Å²) in [6, 6.07) is 1.05. The quantitative estimate of drug-likeness (QED) is 0.446. The number of halogens is 6. The van der Waals surface area contributed by atoms with E-state index in [-0.39, 0.29) is 25.2 Å². The van der Waals surface area contributed by atoms with Gasteiger partial charge in [0, 0.05) is 25.0 Å². The first-order chi connectivity index (χ1) is 17.3. The van der Waals surface area contributed by atoms with E-state index in [0.29, 0.717) is 18.8 Å². The van der Waals surface area contributed by atoms with E-state index in [1.54, 1.807) is 27.7 Å². The van der Waals surface area contributed by atoms with Crippen LogP contribution in [0.1, 0.15) is 42.4 Å². The van der Waals surface area contributed by atoms with Crippen molar-refractivity contribution < 1.29 is 31.1 Å². The summed E-state index contributed by atoms with van der Waals surface area (Å²) in [7, 11) is 0. The number of nitrogens with zero attached hydrogens (tertiary/aromatic N) is 6. The van der Waals surface area contributed by atoms with Crippen LogP contribution in [0.3, 0.4) is 0 Å². The fraction of sp³-hybridized carbons (Fsp3) is 0.476. The Bertz CT molecular complexity index is 1290. The molecule has 2 atom stereocenters. The maximum absolute atomic E-state index is 13.2. The fourth-order valence-corrected chi connectivity index (χ4v) is 3.94. The number of H-pyrrole nitrogens is 1. The van der Waals surface area contributed by atoms with E-state index < -0.39 is 40.8 Å². The average molecular weight is 532 g/mol. The molecular weight excluding hydrogens is 510 g/mol. The highest BCUT2D eigenvalue weighted by Crippen LogP contribution is 2.32. The Balaban J connectivity index is 1.36. The molecule has 16 heteroatoms. The Kier molecular flexibility index (Phi) is 7.12. The van der Waals surface area contributed by atoms with Gasteiger partial charge in [0.25, 0.3) is 5.56 Å². The van der Waals surface area contributed by atoms with E-state index in [2.05, 4.69) is 25.5 Å². The molecule has 0 saturated heterocycles. The van der Waals surface area contributed by atoms with Crippen molar-refractivity contribution in [3.63, 3.8) is 0 Å². The zero-order chi connectivity index (χ0) is 27.0. The van der Waals surface area contributed by atoms with Crippen molar-refractivity contribution in [2.24, 2.45) is 0 Å². The van der Waals surface area contributed by atoms with Crippen LogP contribution in [-0.4, -0.2) is 49.1 Å². The topological polar surface area (TPSA) is 114 Å². The summed E-state index contributed by atoms with van der Waals surface area (Å²) < 4.78 is 85.3. The number of fused-ring (bicyclic) bond motifs is 1. The largest absolute Gasteiger partial charge is 0.423 e. The highest BCUT2D eigenvalue weighted by molar-refractivity contribution is 5.50. The predicted molar refractivity (Wildman–Crippen MR) is 118 cm³/mol. The van der Waals surface area contributed by atoms with Gasteiger partial charge < -0.3 is 15.0 Å². The van der Waals surface area contributed by atoms with Gasteiger partial charge in [0.2, 0.25) is 5.95 Å². The molecule has 0 radical (unpaired) electrons. The lowest BCUT2D eigenvalue weighted by Crippen LogP contribution is -2.37. The molecule has 1 aliphatic rings. The molecule has 0 fully saturated rings. The zero-order valence-electron chi connectivity index (χ0n) is 19.6. The summed E-state index contributed by atoms with van der Waals surface area (Å²) in [6.45, 7) is 4.28. The smallest absolute Gasteiger partial charge is 0.378 e. The van der Waals surface area contributed by atoms with E-state index in [0.717, 1.165) is 24.3 Å². The van der Waals surface area contributed by atoms with Crippen LogP contribution in [0.5, 0.6) is 0 Å². The van der Waals surface area contributed by atoms with Crippen LogP contribution in [-0.2, 0) is 30.2 Å². The Morgan fingerprint density at radius 1 is 1.16 bits per heavy atom. The highest BCUT2D eigenvalue weighted by atomic mass is 19.4. The lowest BCUT2D eigenvalue weighted by atomic mass is 10.2. The van der Waals surface area contributed by atoms with Gasteiger partial charge in [-0.05, 0) is 19.9 Å². The first kappa shape index (κ1) is 26.4. The second-order valence-electron chi connectivity index (χ2n) is 8.62. The summed E-state index contributed by atoms with van der Waals surface area (Å²) in [5.74, 6) is 0.164. The van der Waals surface area contributed by atoms with Crippen LogP contribution in [0.15, 0.2) is 29.5 Å². The van der Waals surface area contributed by atoms with E-state index in [4.69, 9.17) is 4.74 Å². The first-order valence-electron chi connectivity index (χ1n) is 11.0. The molecule has 2 N–H and O–H groups in total. The van der Waals surface area contributed by atoms with E-state index >= 15 is 0 Å². The van der Waals surface area contributed by atoms with Crippen LogP contribution < -0.4 is 15.8 Å². The third kappa shape index (κ3) is 6.00. The first-order valence-corrected chi connectivity index (χ1v) is 11.0. The minimum Gasteiger partial charge on any atom is -0.378 e. The number of ether oxygens (including phenoxy) is 1. The number of rotatable bonds is 7. The molecule has 3 aromatic heterocycles. The van der Waals surface area contributed by atoms with Crippen LogP contribution in [0.25, 0.3) is 0 Å². The van der Waals surface area contributed by atoms with Gasteiger partial charge in [-0.3, -0.25) is 9.48 Å². The maximum Gasteiger partial charge on any atom is 0.423 e. The Hall–Kier alpha value is -3.69. The summed E-state index contributed by atoms with van der Waals surface area (Å²) in [4.78, 5) is 21.0. The van der Waals surface area contributed by atoms with Crippen molar-refractivity contribution >= 4 is 11.6 Å². The molecule has 10 nitrogen and oxygen atoms in total. The molecule has 0 aromatic carbocycles. The number of hydrogen-bond acceptors (Lipinski definition) is 8. The molecular formula is C21H22F6N8O2. The van der Waals surface area contributed by atoms with Gasteiger partial charge in [0.05, 0.1) is 54.6 Å². The molecule has 37 heavy (non-hydrogen) atoms. The van der Waals surface area contributed by atoms with Crippen molar-refractivity contribution in [3.05, 3.63) is 57.5 Å². The number of hydrogen-bond donors (Lipinski definition) is 2. The van der Waals surface area contributed by atoms with Gasteiger partial charge in [-0.15, -0.1) is 0 Å². The standard InChI is InChI=1S/C21H22F6N8O2/c1-11(31-16-6-30-32-18(36)17(16)21(25,26)27)9-37-10-14-3-15-8-34(7-12(2)35(15)33-14)19-28-4-13(5-29-19)20(22,23)24/h3-6,11-12H,7-10H2,1-2H3,(H2,31,32,36)/t11?,12-/m0/s1. The lowest BCUT2D eigenvalue weighted by molar-refractivity contribution is -0.139. The normalized spacial score (nSPS) is 17.0. The molecule has 4 rings (SSSR count). The lowest BCUT2D eigenvalue weighted by Gasteiger charge is -2.32. The van der Waals surface area contributed by atoms with E-state index in [1.807, 2.05) is 6.92 Å². The van der Waals surface area contributed by atoms with Crippen molar-refractivity contribution in [1.29, 1.82) is 0 Å². The van der Waals surface area contributed by atoms with E-state index in [1.165, 1.54) is 0 Å². The monoisotopic (exact) mass is 532 g/mol. The molecule has 0 spiro atoms. The number of anilines is 2. The van der Waals surface area contributed by atoms with Crippen molar-refractivity contribution in [1.82, 2.24) is 29.9 Å². The number of nitrogens with one attached hydrogen (secondary N) is 2. The molecule has 0 bridgehead atoms. The number of alkyl halides is 6. The Morgan fingerprint density at radius 3 is 2.51 bits per heavy atom. The van der Waals surface area contributed by atoms with Gasteiger partial charge in [0.15, 0.2) is 0 Å². The van der Waals surface area contributed by atoms with Crippen molar-refractivity contribution in [2.75, 3.05) is 23.4 Å². The summed E-state index contributed by atoms with van der Waals surface area (Å²) in [5, 5.41) is 12.3. The average Bonchev–Trinajstić information content (AvgIpc) is 3.21. The van der Waals surface area contributed by atoms with Gasteiger partial charge in [-0.1, -0.05) is 0 Å². The minimum atomic E-state index is -4.86. The van der Waals surface area contributed by atoms with Crippen LogP contribution >= 0.6 is 0 Å². The summed E-state index contributed by atoms with van der Waals surface area (Å²) in [6.07, 6.45) is -7.01. The Labute approximate surface area is 205 Å². The fourth-order valence-electron chi connectivity index (χ4n) is 3.94. The van der Waals surface area contributed by atoms with Gasteiger partial charge >= 0.3 is 12.4 Å². The highest BCUT2D eigenvalue weighted by Gasteiger charge is 2.37. The zero-order valence-corrected chi connectivity index (χ0v) is 19.6.